The van der Waals surface area contributed by atoms with Crippen molar-refractivity contribution in [3.63, 3.8) is 0 Å². The number of nitrogens with zero attached hydrogens (tertiary/aromatic N) is 1. The number of halogens is 4. The van der Waals surface area contributed by atoms with Gasteiger partial charge >= 0.3 is 6.36 Å². The highest BCUT2D eigenvalue weighted by Crippen LogP contribution is 2.43. The van der Waals surface area contributed by atoms with Gasteiger partial charge in [0.05, 0.1) is 0 Å². The summed E-state index contributed by atoms with van der Waals surface area (Å²) in [5, 5.41) is 3.24. The van der Waals surface area contributed by atoms with Crippen molar-refractivity contribution in [2.45, 2.75) is 31.7 Å². The average molecular weight is 332 g/mol. The predicted octanol–water partition coefficient (Wildman–Crippen LogP) is 3.47. The number of rotatable bonds is 4. The Bertz CT molecular complexity index is 539. The van der Waals surface area contributed by atoms with E-state index in [1.807, 2.05) is 0 Å². The van der Waals surface area contributed by atoms with E-state index < -0.39 is 12.2 Å². The smallest absolute Gasteiger partial charge is 0.406 e. The van der Waals surface area contributed by atoms with Gasteiger partial charge in [-0.1, -0.05) is 6.42 Å². The number of nitrogens with one attached hydrogen (secondary N) is 1. The molecule has 1 N–H and O–H groups in total. The van der Waals surface area contributed by atoms with E-state index >= 15 is 0 Å². The van der Waals surface area contributed by atoms with Crippen LogP contribution in [0.15, 0.2) is 18.2 Å². The van der Waals surface area contributed by atoms with Crippen LogP contribution in [-0.2, 0) is 0 Å². The molecule has 23 heavy (non-hydrogen) atoms. The fourth-order valence-electron chi connectivity index (χ4n) is 3.41. The van der Waals surface area contributed by atoms with Gasteiger partial charge in [-0.05, 0) is 37.0 Å². The zero-order valence-corrected chi connectivity index (χ0v) is 12.7. The maximum atomic E-state index is 14.3. The maximum Gasteiger partial charge on any atom is 0.573 e. The second kappa shape index (κ2) is 6.65. The summed E-state index contributed by atoms with van der Waals surface area (Å²) in [5.41, 5.74) is 0.318. The van der Waals surface area contributed by atoms with Crippen LogP contribution < -0.4 is 10.1 Å². The highest BCUT2D eigenvalue weighted by molar-refractivity contribution is 5.33. The molecule has 0 aromatic heterocycles. The fourth-order valence-corrected chi connectivity index (χ4v) is 3.41. The Morgan fingerprint density at radius 1 is 1.17 bits per heavy atom. The average Bonchev–Trinajstić information content (AvgIpc) is 2.44. The minimum atomic E-state index is -4.77. The summed E-state index contributed by atoms with van der Waals surface area (Å²) in [6.45, 7) is 3.16. The van der Waals surface area contributed by atoms with E-state index in [0.29, 0.717) is 11.5 Å². The van der Waals surface area contributed by atoms with Gasteiger partial charge in [0.15, 0.2) is 0 Å². The lowest BCUT2D eigenvalue weighted by Crippen LogP contribution is -2.48. The molecular weight excluding hydrogens is 312 g/mol. The van der Waals surface area contributed by atoms with E-state index in [9.17, 15) is 17.6 Å². The summed E-state index contributed by atoms with van der Waals surface area (Å²) in [5.74, 6) is -0.521. The van der Waals surface area contributed by atoms with Gasteiger partial charge in [0.2, 0.25) is 0 Å². The van der Waals surface area contributed by atoms with Crippen molar-refractivity contribution in [1.82, 2.24) is 10.2 Å². The van der Waals surface area contributed by atoms with Crippen LogP contribution in [0.5, 0.6) is 5.75 Å². The molecule has 1 aliphatic heterocycles. The first-order valence-electron chi connectivity index (χ1n) is 7.94. The highest BCUT2D eigenvalue weighted by atomic mass is 19.4. The molecule has 3 nitrogen and oxygen atoms in total. The van der Waals surface area contributed by atoms with E-state index in [2.05, 4.69) is 15.0 Å². The zero-order chi connectivity index (χ0) is 16.4. The van der Waals surface area contributed by atoms with Crippen LogP contribution in [0.4, 0.5) is 17.6 Å². The Morgan fingerprint density at radius 3 is 2.43 bits per heavy atom. The first-order chi connectivity index (χ1) is 10.9. The molecule has 128 valence electrons. The lowest BCUT2D eigenvalue weighted by Gasteiger charge is -2.43. The molecule has 3 rings (SSSR count). The van der Waals surface area contributed by atoms with Gasteiger partial charge in [-0.3, -0.25) is 4.90 Å². The molecule has 2 aliphatic rings. The lowest BCUT2D eigenvalue weighted by atomic mass is 9.76. The molecule has 0 unspecified atom stereocenters. The quantitative estimate of drug-likeness (QED) is 0.855. The molecule has 7 heteroatoms. The molecule has 0 amide bonds. The van der Waals surface area contributed by atoms with Gasteiger partial charge in [-0.2, -0.15) is 0 Å². The summed E-state index contributed by atoms with van der Waals surface area (Å²) < 4.78 is 55.6. The molecule has 1 saturated carbocycles. The molecule has 1 atom stereocenters. The minimum absolute atomic E-state index is 0.178. The summed E-state index contributed by atoms with van der Waals surface area (Å²) in [7, 11) is 0. The van der Waals surface area contributed by atoms with Crippen LogP contribution in [-0.4, -0.2) is 37.4 Å². The highest BCUT2D eigenvalue weighted by Gasteiger charge is 2.36. The first kappa shape index (κ1) is 16.5. The SMILES string of the molecule is Fc1ccc(OC(F)(F)F)cc1[C@@H](C1CCC1)N1CCNCC1. The van der Waals surface area contributed by atoms with Crippen LogP contribution in [0.2, 0.25) is 0 Å². The molecule has 0 radical (unpaired) electrons. The molecule has 1 saturated heterocycles. The van der Waals surface area contributed by atoms with Crippen LogP contribution >= 0.6 is 0 Å². The number of hydrogen-bond acceptors (Lipinski definition) is 3. The van der Waals surface area contributed by atoms with E-state index in [1.165, 1.54) is 6.07 Å². The summed E-state index contributed by atoms with van der Waals surface area (Å²) in [6, 6.07) is 3.14. The van der Waals surface area contributed by atoms with E-state index in [1.54, 1.807) is 0 Å². The maximum absolute atomic E-state index is 14.3. The number of benzene rings is 1. The van der Waals surface area contributed by atoms with Crippen molar-refractivity contribution >= 4 is 0 Å². The molecular formula is C16H20F4N2O. The third-order valence-corrected chi connectivity index (χ3v) is 4.66. The summed E-state index contributed by atoms with van der Waals surface area (Å²) in [6.07, 6.45) is -1.71. The van der Waals surface area contributed by atoms with Crippen molar-refractivity contribution in [1.29, 1.82) is 0 Å². The third kappa shape index (κ3) is 3.95. The van der Waals surface area contributed by atoms with Crippen molar-refractivity contribution in [3.05, 3.63) is 29.6 Å². The van der Waals surface area contributed by atoms with Crippen LogP contribution in [0, 0.1) is 11.7 Å². The molecule has 0 bridgehead atoms. The van der Waals surface area contributed by atoms with Crippen LogP contribution in [0.25, 0.3) is 0 Å². The van der Waals surface area contributed by atoms with Crippen molar-refractivity contribution in [2.24, 2.45) is 5.92 Å². The minimum Gasteiger partial charge on any atom is -0.406 e. The lowest BCUT2D eigenvalue weighted by molar-refractivity contribution is -0.274. The van der Waals surface area contributed by atoms with E-state index in [4.69, 9.17) is 0 Å². The summed E-state index contributed by atoms with van der Waals surface area (Å²) in [4.78, 5) is 2.18. The molecule has 1 aliphatic carbocycles. The molecule has 2 fully saturated rings. The number of hydrogen-bond donors (Lipinski definition) is 1. The fraction of sp³-hybridized carbons (Fsp3) is 0.625. The van der Waals surface area contributed by atoms with Gasteiger partial charge < -0.3 is 10.1 Å². The van der Waals surface area contributed by atoms with E-state index in [-0.39, 0.29) is 11.8 Å². The molecule has 0 spiro atoms. The molecule has 1 heterocycles. The van der Waals surface area contributed by atoms with Gasteiger partial charge in [0.25, 0.3) is 0 Å². The Labute approximate surface area is 132 Å². The summed E-state index contributed by atoms with van der Waals surface area (Å²) >= 11 is 0. The molecule has 1 aromatic rings. The number of ether oxygens (including phenoxy) is 1. The van der Waals surface area contributed by atoms with Crippen LogP contribution in [0.1, 0.15) is 30.9 Å². The Hall–Kier alpha value is -1.34. The van der Waals surface area contributed by atoms with Gasteiger partial charge in [-0.25, -0.2) is 4.39 Å². The largest absolute Gasteiger partial charge is 0.573 e. The van der Waals surface area contributed by atoms with Gasteiger partial charge in [0.1, 0.15) is 11.6 Å². The standard InChI is InChI=1S/C16H20F4N2O/c17-14-5-4-12(23-16(18,19)20)10-13(14)15(11-2-1-3-11)22-8-6-21-7-9-22/h4-5,10-11,15,21H,1-3,6-9H2/t15-/m1/s1. The first-order valence-corrected chi connectivity index (χ1v) is 7.94. The van der Waals surface area contributed by atoms with Gasteiger partial charge in [-0.15, -0.1) is 13.2 Å². The topological polar surface area (TPSA) is 24.5 Å². The number of alkyl halides is 3. The normalized spacial score (nSPS) is 21.7. The second-order valence-corrected chi connectivity index (χ2v) is 6.15. The van der Waals surface area contributed by atoms with Crippen molar-refractivity contribution < 1.29 is 22.3 Å². The predicted molar refractivity (Wildman–Crippen MR) is 77.6 cm³/mol. The Morgan fingerprint density at radius 2 is 1.87 bits per heavy atom. The molecule has 1 aromatic carbocycles. The van der Waals surface area contributed by atoms with Crippen LogP contribution in [0.3, 0.4) is 0 Å². The monoisotopic (exact) mass is 332 g/mol. The third-order valence-electron chi connectivity index (χ3n) is 4.66. The number of piperazine rings is 1. The van der Waals surface area contributed by atoms with Crippen molar-refractivity contribution in [3.8, 4) is 5.75 Å². The Balaban J connectivity index is 1.89. The zero-order valence-electron chi connectivity index (χ0n) is 12.7. The Kier molecular flexibility index (Phi) is 4.77. The second-order valence-electron chi connectivity index (χ2n) is 6.15. The van der Waals surface area contributed by atoms with Gasteiger partial charge in [0, 0.05) is 37.8 Å². The van der Waals surface area contributed by atoms with E-state index in [0.717, 1.165) is 57.6 Å². The van der Waals surface area contributed by atoms with Crippen molar-refractivity contribution in [2.75, 3.05) is 26.2 Å².